The average Bonchev–Trinajstić information content (AvgIpc) is 3.23. The summed E-state index contributed by atoms with van der Waals surface area (Å²) in [6.45, 7) is 1.41. The van der Waals surface area contributed by atoms with Crippen molar-refractivity contribution < 1.29 is 33.6 Å². The summed E-state index contributed by atoms with van der Waals surface area (Å²) in [4.78, 5) is 34.7. The summed E-state index contributed by atoms with van der Waals surface area (Å²) in [5.74, 6) is -0.761. The Morgan fingerprint density at radius 3 is 2.45 bits per heavy atom. The first-order valence-corrected chi connectivity index (χ1v) is 10.6. The van der Waals surface area contributed by atoms with E-state index in [1.54, 1.807) is 6.92 Å². The maximum absolute atomic E-state index is 12.4. The van der Waals surface area contributed by atoms with Crippen molar-refractivity contribution in [3.05, 3.63) is 50.1 Å². The van der Waals surface area contributed by atoms with E-state index in [1.165, 1.54) is 19.1 Å². The summed E-state index contributed by atoms with van der Waals surface area (Å²) < 4.78 is 24.5. The van der Waals surface area contributed by atoms with Crippen LogP contribution in [0.1, 0.15) is 11.5 Å². The van der Waals surface area contributed by atoms with Gasteiger partial charge in [0.1, 0.15) is 31.3 Å². The van der Waals surface area contributed by atoms with Gasteiger partial charge in [0.2, 0.25) is 0 Å². The van der Waals surface area contributed by atoms with Crippen LogP contribution in [-0.4, -0.2) is 57.7 Å². The molecule has 2 heterocycles. The van der Waals surface area contributed by atoms with Crippen molar-refractivity contribution in [3.63, 3.8) is 0 Å². The lowest BCUT2D eigenvalue weighted by Crippen LogP contribution is -2.29. The number of hydroxylamine groups is 2. The fraction of sp³-hybridized carbons (Fsp3) is 0.500. The SMILES string of the molecule is Cc1ccc([N+](=O)[O-])n1CN(CO)OP(=O)(O)O[C@@H](CCl)Cn1c([N+](=O)[O-])cnc1C. The van der Waals surface area contributed by atoms with Gasteiger partial charge < -0.3 is 30.2 Å². The van der Waals surface area contributed by atoms with Gasteiger partial charge in [0.15, 0.2) is 12.5 Å². The first-order valence-electron chi connectivity index (χ1n) is 8.58. The number of nitro groups is 2. The molecule has 0 bridgehead atoms. The van der Waals surface area contributed by atoms with Gasteiger partial charge in [-0.3, -0.25) is 4.52 Å². The van der Waals surface area contributed by atoms with Gasteiger partial charge in [-0.2, -0.15) is 4.62 Å². The Hall–Kier alpha value is -2.39. The van der Waals surface area contributed by atoms with Gasteiger partial charge in [0.05, 0.1) is 5.88 Å². The molecule has 2 atom stereocenters. The Bertz CT molecular complexity index is 921. The van der Waals surface area contributed by atoms with Gasteiger partial charge in [-0.05, 0) is 22.8 Å². The highest BCUT2D eigenvalue weighted by atomic mass is 35.5. The van der Waals surface area contributed by atoms with Crippen LogP contribution >= 0.6 is 19.4 Å². The first kappa shape index (κ1) is 24.9. The van der Waals surface area contributed by atoms with Crippen molar-refractivity contribution in [1.82, 2.24) is 19.2 Å². The number of phosphoric acid groups is 1. The van der Waals surface area contributed by atoms with Gasteiger partial charge in [-0.15, -0.1) is 16.7 Å². The molecule has 172 valence electrons. The largest absolute Gasteiger partial charge is 0.489 e. The van der Waals surface area contributed by atoms with E-state index in [9.17, 15) is 34.8 Å². The minimum absolute atomic E-state index is 0.256. The van der Waals surface area contributed by atoms with Crippen LogP contribution in [0.4, 0.5) is 11.6 Å². The number of imidazole rings is 1. The topological polar surface area (TPSA) is 188 Å². The van der Waals surface area contributed by atoms with E-state index in [0.29, 0.717) is 10.8 Å². The number of alkyl halides is 1. The van der Waals surface area contributed by atoms with E-state index in [4.69, 9.17) is 20.7 Å². The van der Waals surface area contributed by atoms with Gasteiger partial charge in [-0.1, -0.05) is 0 Å². The molecular formula is C14H20ClN6O9P. The average molecular weight is 483 g/mol. The third kappa shape index (κ3) is 6.30. The molecule has 17 heteroatoms. The minimum atomic E-state index is -4.89. The van der Waals surface area contributed by atoms with Crippen LogP contribution in [-0.2, 0) is 26.9 Å². The summed E-state index contributed by atoms with van der Waals surface area (Å²) >= 11 is 5.78. The summed E-state index contributed by atoms with van der Waals surface area (Å²) in [6, 6.07) is 2.68. The third-order valence-corrected chi connectivity index (χ3v) is 5.45. The van der Waals surface area contributed by atoms with Crippen LogP contribution in [0.25, 0.3) is 0 Å². The maximum Gasteiger partial charge on any atom is 0.489 e. The van der Waals surface area contributed by atoms with E-state index < -0.39 is 37.2 Å². The number of halogens is 1. The zero-order valence-electron chi connectivity index (χ0n) is 16.4. The monoisotopic (exact) mass is 482 g/mol. The smallest absolute Gasteiger partial charge is 0.379 e. The molecule has 15 nitrogen and oxygen atoms in total. The number of aliphatic hydroxyl groups is 1. The molecule has 2 aromatic rings. The Kier molecular flexibility index (Phi) is 8.25. The van der Waals surface area contributed by atoms with E-state index >= 15 is 0 Å². The summed E-state index contributed by atoms with van der Waals surface area (Å²) in [7, 11) is -4.89. The highest BCUT2D eigenvalue weighted by molar-refractivity contribution is 7.47. The lowest BCUT2D eigenvalue weighted by molar-refractivity contribution is -0.393. The summed E-state index contributed by atoms with van der Waals surface area (Å²) in [5, 5.41) is 32.2. The van der Waals surface area contributed by atoms with Crippen molar-refractivity contribution in [2.45, 2.75) is 33.2 Å². The molecule has 0 saturated carbocycles. The number of aromatic nitrogens is 3. The van der Waals surface area contributed by atoms with Crippen molar-refractivity contribution >= 4 is 31.1 Å². The van der Waals surface area contributed by atoms with Crippen LogP contribution < -0.4 is 0 Å². The van der Waals surface area contributed by atoms with Crippen LogP contribution in [0.5, 0.6) is 0 Å². The fourth-order valence-corrected chi connectivity index (χ4v) is 3.85. The second-order valence-corrected chi connectivity index (χ2v) is 7.87. The second kappa shape index (κ2) is 10.3. The number of nitrogens with zero attached hydrogens (tertiary/aromatic N) is 6. The molecule has 1 unspecified atom stereocenters. The molecule has 0 amide bonds. The van der Waals surface area contributed by atoms with E-state index in [2.05, 4.69) is 4.98 Å². The molecule has 31 heavy (non-hydrogen) atoms. The zero-order chi connectivity index (χ0) is 23.3. The molecule has 0 aliphatic heterocycles. The van der Waals surface area contributed by atoms with Crippen molar-refractivity contribution in [1.29, 1.82) is 0 Å². The summed E-state index contributed by atoms with van der Waals surface area (Å²) in [5.41, 5.74) is 0.434. The zero-order valence-corrected chi connectivity index (χ0v) is 18.0. The molecule has 0 aromatic carbocycles. The number of rotatable bonds is 12. The molecule has 0 radical (unpaired) electrons. The van der Waals surface area contributed by atoms with Crippen molar-refractivity contribution in [2.24, 2.45) is 0 Å². The van der Waals surface area contributed by atoms with E-state index in [0.717, 1.165) is 15.3 Å². The predicted molar refractivity (Wildman–Crippen MR) is 105 cm³/mol. The van der Waals surface area contributed by atoms with Crippen molar-refractivity contribution in [2.75, 3.05) is 12.6 Å². The normalized spacial score (nSPS) is 14.5. The molecule has 0 fully saturated rings. The fourth-order valence-electron chi connectivity index (χ4n) is 2.65. The first-order chi connectivity index (χ1) is 14.5. The van der Waals surface area contributed by atoms with Crippen LogP contribution in [0, 0.1) is 34.1 Å². The molecule has 0 saturated heterocycles. The standard InChI is InChI=1S/C14H20ClN6O9P/c1-10-3-4-13(20(23)24)19(10)8-17(9-22)30-31(27,28)29-12(5-15)7-18-11(2)16-6-14(18)21(25)26/h3-4,6,12,22H,5,7-9H2,1-2H3,(H,27,28)/t12-/m0/s1. The highest BCUT2D eigenvalue weighted by Crippen LogP contribution is 2.46. The van der Waals surface area contributed by atoms with Crippen molar-refractivity contribution in [3.8, 4) is 0 Å². The van der Waals surface area contributed by atoms with E-state index in [1.807, 2.05) is 0 Å². The van der Waals surface area contributed by atoms with Crippen LogP contribution in [0.2, 0.25) is 0 Å². The van der Waals surface area contributed by atoms with Crippen LogP contribution in [0.3, 0.4) is 0 Å². The number of hydrogen-bond donors (Lipinski definition) is 2. The molecule has 2 N–H and O–H groups in total. The maximum atomic E-state index is 12.4. The lowest BCUT2D eigenvalue weighted by atomic mass is 10.4. The van der Waals surface area contributed by atoms with Gasteiger partial charge in [0.25, 0.3) is 0 Å². The molecular weight excluding hydrogens is 463 g/mol. The Morgan fingerprint density at radius 1 is 1.26 bits per heavy atom. The van der Waals surface area contributed by atoms with Gasteiger partial charge in [-0.25, -0.2) is 18.7 Å². The minimum Gasteiger partial charge on any atom is -0.379 e. The van der Waals surface area contributed by atoms with Crippen LogP contribution in [0.15, 0.2) is 18.3 Å². The molecule has 2 rings (SSSR count). The second-order valence-electron chi connectivity index (χ2n) is 6.25. The third-order valence-electron chi connectivity index (χ3n) is 4.10. The Balaban J connectivity index is 2.12. The summed E-state index contributed by atoms with van der Waals surface area (Å²) in [6.07, 6.45) is -0.178. The van der Waals surface area contributed by atoms with Gasteiger partial charge in [0, 0.05) is 13.0 Å². The molecule has 2 aromatic heterocycles. The lowest BCUT2D eigenvalue weighted by Gasteiger charge is -2.23. The number of aryl methyl sites for hydroxylation is 2. The predicted octanol–water partition coefficient (Wildman–Crippen LogP) is 1.68. The molecule has 0 aliphatic carbocycles. The Morgan fingerprint density at radius 2 is 1.90 bits per heavy atom. The quantitative estimate of drug-likeness (QED) is 0.147. The molecule has 0 aliphatic rings. The molecule has 0 spiro atoms. The number of phosphoric ester groups is 1. The van der Waals surface area contributed by atoms with Gasteiger partial charge >= 0.3 is 19.5 Å². The number of aliphatic hydroxyl groups excluding tert-OH is 1. The number of hydrogen-bond acceptors (Lipinski definition) is 10. The van der Waals surface area contributed by atoms with E-state index in [-0.39, 0.29) is 29.9 Å². The highest BCUT2D eigenvalue weighted by Gasteiger charge is 2.33. The Labute approximate surface area is 180 Å².